The predicted molar refractivity (Wildman–Crippen MR) is 118 cm³/mol. The molecule has 4 rings (SSSR count). The fourth-order valence-electron chi connectivity index (χ4n) is 3.99. The molecule has 0 saturated carbocycles. The lowest BCUT2D eigenvalue weighted by Crippen LogP contribution is -2.41. The van der Waals surface area contributed by atoms with Gasteiger partial charge in [-0.05, 0) is 23.1 Å². The maximum Gasteiger partial charge on any atom is 0.264 e. The Morgan fingerprint density at radius 2 is 1.81 bits per heavy atom. The summed E-state index contributed by atoms with van der Waals surface area (Å²) in [6.45, 7) is 1.72. The second kappa shape index (κ2) is 9.17. The fourth-order valence-corrected chi connectivity index (χ4v) is 3.99. The first-order valence-corrected chi connectivity index (χ1v) is 10.5. The number of benzene rings is 1. The number of pyridine rings is 1. The van der Waals surface area contributed by atoms with Crippen LogP contribution in [0.25, 0.3) is 0 Å². The Balaban J connectivity index is 1.64. The molecule has 166 valence electrons. The van der Waals surface area contributed by atoms with E-state index in [4.69, 9.17) is 0 Å². The van der Waals surface area contributed by atoms with Gasteiger partial charge >= 0.3 is 0 Å². The summed E-state index contributed by atoms with van der Waals surface area (Å²) in [4.78, 5) is 42.2. The van der Waals surface area contributed by atoms with Gasteiger partial charge in [-0.1, -0.05) is 30.3 Å². The van der Waals surface area contributed by atoms with Crippen LogP contribution >= 0.6 is 0 Å². The predicted octanol–water partition coefficient (Wildman–Crippen LogP) is 1.16. The van der Waals surface area contributed by atoms with Crippen molar-refractivity contribution in [2.45, 2.75) is 32.5 Å². The Labute approximate surface area is 185 Å². The van der Waals surface area contributed by atoms with Gasteiger partial charge in [0, 0.05) is 46.3 Å². The summed E-state index contributed by atoms with van der Waals surface area (Å²) in [5.74, 6) is -0.285. The Bertz CT molecular complexity index is 1170. The highest BCUT2D eigenvalue weighted by Gasteiger charge is 2.28. The lowest BCUT2D eigenvalue weighted by Gasteiger charge is -2.31. The minimum Gasteiger partial charge on any atom is -0.345 e. The minimum atomic E-state index is -0.305. The van der Waals surface area contributed by atoms with E-state index in [2.05, 4.69) is 10.2 Å². The van der Waals surface area contributed by atoms with Gasteiger partial charge in [0.05, 0.1) is 6.54 Å². The number of hydrogen-bond donors (Lipinski definition) is 0. The van der Waals surface area contributed by atoms with Crippen molar-refractivity contribution in [1.82, 2.24) is 29.1 Å². The second-order valence-electron chi connectivity index (χ2n) is 8.14. The lowest BCUT2D eigenvalue weighted by molar-refractivity contribution is -0.132. The zero-order valence-corrected chi connectivity index (χ0v) is 18.3. The molecular weight excluding hydrogens is 408 g/mol. The first-order valence-electron chi connectivity index (χ1n) is 10.5. The van der Waals surface area contributed by atoms with Crippen LogP contribution in [0.4, 0.5) is 0 Å². The summed E-state index contributed by atoms with van der Waals surface area (Å²) in [6, 6.07) is 9.64. The van der Waals surface area contributed by atoms with Crippen LogP contribution in [-0.2, 0) is 30.8 Å². The highest BCUT2D eigenvalue weighted by atomic mass is 16.2. The Kier molecular flexibility index (Phi) is 6.16. The standard InChI is InChI=1S/C23H26N6O3/c1-26(2)22(31)21-19-8-11-28(20(30)9-10-27-15-24-25-16-27)13-18(19)14-29(23(21)32)12-17-6-4-3-5-7-17/h3-7,14-16H,8-13H2,1-2H3. The van der Waals surface area contributed by atoms with E-state index in [-0.39, 0.29) is 22.9 Å². The summed E-state index contributed by atoms with van der Waals surface area (Å²) in [5, 5.41) is 7.51. The maximum absolute atomic E-state index is 13.3. The third-order valence-corrected chi connectivity index (χ3v) is 5.69. The van der Waals surface area contributed by atoms with Gasteiger partial charge in [-0.15, -0.1) is 10.2 Å². The Hall–Kier alpha value is -3.75. The fraction of sp³-hybridized carbons (Fsp3) is 0.348. The molecule has 32 heavy (non-hydrogen) atoms. The number of carbonyl (C=O) groups is 2. The molecule has 1 aliphatic rings. The Morgan fingerprint density at radius 1 is 1.09 bits per heavy atom. The Morgan fingerprint density at radius 3 is 2.50 bits per heavy atom. The van der Waals surface area contributed by atoms with E-state index < -0.39 is 0 Å². The molecule has 9 nitrogen and oxygen atoms in total. The monoisotopic (exact) mass is 434 g/mol. The van der Waals surface area contributed by atoms with Crippen molar-refractivity contribution < 1.29 is 9.59 Å². The SMILES string of the molecule is CN(C)C(=O)c1c2c(cn(Cc3ccccc3)c1=O)CN(C(=O)CCn1cnnc1)CC2. The van der Waals surface area contributed by atoms with Gasteiger partial charge < -0.3 is 18.9 Å². The molecule has 2 amide bonds. The molecule has 0 spiro atoms. The quantitative estimate of drug-likeness (QED) is 0.581. The van der Waals surface area contributed by atoms with E-state index in [1.165, 1.54) is 4.90 Å². The summed E-state index contributed by atoms with van der Waals surface area (Å²) in [7, 11) is 3.29. The van der Waals surface area contributed by atoms with Gasteiger partial charge in [0.2, 0.25) is 5.91 Å². The number of aryl methyl sites for hydroxylation is 1. The third kappa shape index (κ3) is 4.46. The molecule has 9 heteroatoms. The van der Waals surface area contributed by atoms with Crippen molar-refractivity contribution in [1.29, 1.82) is 0 Å². The zero-order valence-electron chi connectivity index (χ0n) is 18.3. The van der Waals surface area contributed by atoms with Crippen LogP contribution in [0, 0.1) is 0 Å². The van der Waals surface area contributed by atoms with E-state index in [1.807, 2.05) is 30.3 Å². The molecule has 1 aliphatic heterocycles. The summed E-state index contributed by atoms with van der Waals surface area (Å²) in [6.07, 6.45) is 5.78. The molecule has 0 aliphatic carbocycles. The number of nitrogens with zero attached hydrogens (tertiary/aromatic N) is 6. The van der Waals surface area contributed by atoms with Crippen LogP contribution < -0.4 is 5.56 Å². The maximum atomic E-state index is 13.3. The molecular formula is C23H26N6O3. The number of aromatic nitrogens is 4. The number of fused-ring (bicyclic) bond motifs is 1. The van der Waals surface area contributed by atoms with Gasteiger partial charge in [0.25, 0.3) is 11.5 Å². The van der Waals surface area contributed by atoms with E-state index >= 15 is 0 Å². The van der Waals surface area contributed by atoms with Crippen molar-refractivity contribution in [2.75, 3.05) is 20.6 Å². The highest BCUT2D eigenvalue weighted by Crippen LogP contribution is 2.22. The van der Waals surface area contributed by atoms with Crippen LogP contribution in [0.5, 0.6) is 0 Å². The number of rotatable bonds is 6. The van der Waals surface area contributed by atoms with Crippen LogP contribution in [0.3, 0.4) is 0 Å². The minimum absolute atomic E-state index is 0.0191. The van der Waals surface area contributed by atoms with Crippen LogP contribution in [-0.4, -0.2) is 61.6 Å². The van der Waals surface area contributed by atoms with Crippen molar-refractivity contribution in [2.24, 2.45) is 0 Å². The normalized spacial score (nSPS) is 13.0. The molecule has 0 fully saturated rings. The van der Waals surface area contributed by atoms with E-state index in [9.17, 15) is 14.4 Å². The highest BCUT2D eigenvalue weighted by molar-refractivity contribution is 5.95. The smallest absolute Gasteiger partial charge is 0.264 e. The topological polar surface area (TPSA) is 93.3 Å². The van der Waals surface area contributed by atoms with Crippen LogP contribution in [0.1, 0.15) is 33.5 Å². The third-order valence-electron chi connectivity index (χ3n) is 5.69. The molecule has 3 aromatic rings. The van der Waals surface area contributed by atoms with Crippen LogP contribution in [0.15, 0.2) is 54.0 Å². The molecule has 1 aromatic carbocycles. The van der Waals surface area contributed by atoms with Gasteiger partial charge in [-0.2, -0.15) is 0 Å². The lowest BCUT2D eigenvalue weighted by atomic mass is 9.95. The molecule has 0 N–H and O–H groups in total. The number of hydrogen-bond acceptors (Lipinski definition) is 5. The molecule has 2 aromatic heterocycles. The first kappa shape index (κ1) is 21.5. The molecule has 0 saturated heterocycles. The molecule has 0 bridgehead atoms. The van der Waals surface area contributed by atoms with Crippen molar-refractivity contribution >= 4 is 11.8 Å². The van der Waals surface area contributed by atoms with Gasteiger partial charge in [-0.25, -0.2) is 0 Å². The van der Waals surface area contributed by atoms with E-state index in [1.54, 1.807) is 47.0 Å². The molecule has 3 heterocycles. The van der Waals surface area contributed by atoms with Crippen molar-refractivity contribution in [3.05, 3.63) is 81.8 Å². The number of amides is 2. The van der Waals surface area contributed by atoms with Crippen LogP contribution in [0.2, 0.25) is 0 Å². The molecule has 0 atom stereocenters. The molecule has 0 radical (unpaired) electrons. The summed E-state index contributed by atoms with van der Waals surface area (Å²) in [5.41, 5.74) is 2.48. The second-order valence-corrected chi connectivity index (χ2v) is 8.14. The average Bonchev–Trinajstić information content (AvgIpc) is 3.32. The van der Waals surface area contributed by atoms with E-state index in [0.29, 0.717) is 39.0 Å². The van der Waals surface area contributed by atoms with Gasteiger partial charge in [-0.3, -0.25) is 14.4 Å². The largest absolute Gasteiger partial charge is 0.345 e. The van der Waals surface area contributed by atoms with Gasteiger partial charge in [0.15, 0.2) is 0 Å². The number of carbonyl (C=O) groups excluding carboxylic acids is 2. The average molecular weight is 435 g/mol. The van der Waals surface area contributed by atoms with Crippen molar-refractivity contribution in [3.8, 4) is 0 Å². The molecule has 0 unspecified atom stereocenters. The van der Waals surface area contributed by atoms with Gasteiger partial charge in [0.1, 0.15) is 18.2 Å². The summed E-state index contributed by atoms with van der Waals surface area (Å²) >= 11 is 0. The summed E-state index contributed by atoms with van der Waals surface area (Å²) < 4.78 is 3.34. The van der Waals surface area contributed by atoms with E-state index in [0.717, 1.165) is 16.7 Å². The zero-order chi connectivity index (χ0) is 22.7. The van der Waals surface area contributed by atoms with Crippen molar-refractivity contribution in [3.63, 3.8) is 0 Å². The first-order chi connectivity index (χ1) is 15.4.